The quantitative estimate of drug-likeness (QED) is 0.554. The van der Waals surface area contributed by atoms with E-state index in [4.69, 9.17) is 0 Å². The van der Waals surface area contributed by atoms with Crippen LogP contribution in [0.5, 0.6) is 0 Å². The van der Waals surface area contributed by atoms with E-state index in [1.54, 1.807) is 0 Å². The maximum absolute atomic E-state index is 10.4. The Morgan fingerprint density at radius 3 is 2.67 bits per heavy atom. The molecular weight excluding hydrogens is 132 g/mol. The fourth-order valence-corrected chi connectivity index (χ4v) is 0.497. The van der Waals surface area contributed by atoms with Crippen LogP contribution in [0.4, 0.5) is 0 Å². The summed E-state index contributed by atoms with van der Waals surface area (Å²) in [5.74, 6) is -0.0834. The Kier molecular flexibility index (Phi) is 4.32. The van der Waals surface area contributed by atoms with Crippen molar-refractivity contribution in [1.29, 1.82) is 0 Å². The monoisotopic (exact) mass is 143 g/mol. The normalized spacial score (nSPS) is 14.0. The first-order chi connectivity index (χ1) is 4.18. The SMILES string of the molecule is CCC=CC(C)C(=O)[S]. The number of hydrogen-bond acceptors (Lipinski definition) is 1. The summed E-state index contributed by atoms with van der Waals surface area (Å²) >= 11 is 4.42. The molecule has 9 heavy (non-hydrogen) atoms. The molecule has 1 radical (unpaired) electrons. The lowest BCUT2D eigenvalue weighted by atomic mass is 10.2. The molecule has 1 nitrogen and oxygen atoms in total. The fourth-order valence-electron chi connectivity index (χ4n) is 0.419. The summed E-state index contributed by atoms with van der Waals surface area (Å²) in [6, 6.07) is 0. The van der Waals surface area contributed by atoms with Crippen LogP contribution in [0.1, 0.15) is 20.3 Å². The third-order valence-corrected chi connectivity index (χ3v) is 1.40. The van der Waals surface area contributed by atoms with E-state index < -0.39 is 0 Å². The molecule has 0 aromatic heterocycles. The van der Waals surface area contributed by atoms with Gasteiger partial charge in [0.2, 0.25) is 5.12 Å². The highest BCUT2D eigenvalue weighted by Gasteiger charge is 2.02. The molecule has 0 amide bonds. The molecule has 0 aliphatic heterocycles. The summed E-state index contributed by atoms with van der Waals surface area (Å²) in [6.45, 7) is 3.83. The zero-order chi connectivity index (χ0) is 7.28. The lowest BCUT2D eigenvalue weighted by Crippen LogP contribution is -1.98. The summed E-state index contributed by atoms with van der Waals surface area (Å²) in [7, 11) is 0. The maximum Gasteiger partial charge on any atom is 0.225 e. The van der Waals surface area contributed by atoms with E-state index in [1.165, 1.54) is 0 Å². The second-order valence-corrected chi connectivity index (χ2v) is 2.35. The van der Waals surface area contributed by atoms with E-state index in [0.717, 1.165) is 6.42 Å². The zero-order valence-electron chi connectivity index (χ0n) is 5.76. The van der Waals surface area contributed by atoms with Crippen molar-refractivity contribution in [3.8, 4) is 0 Å². The molecular formula is C7H11OS. The molecule has 2 heteroatoms. The number of allylic oxidation sites excluding steroid dienone is 2. The Morgan fingerprint density at radius 2 is 2.33 bits per heavy atom. The minimum atomic E-state index is -0.181. The van der Waals surface area contributed by atoms with Gasteiger partial charge >= 0.3 is 0 Å². The van der Waals surface area contributed by atoms with E-state index in [1.807, 2.05) is 26.0 Å². The molecule has 0 spiro atoms. The van der Waals surface area contributed by atoms with Gasteiger partial charge in [0.05, 0.1) is 0 Å². The third kappa shape index (κ3) is 4.15. The van der Waals surface area contributed by atoms with Crippen LogP contribution in [0.15, 0.2) is 12.2 Å². The zero-order valence-corrected chi connectivity index (χ0v) is 6.57. The van der Waals surface area contributed by atoms with Crippen LogP contribution in [0.25, 0.3) is 0 Å². The first-order valence-electron chi connectivity index (χ1n) is 3.06. The van der Waals surface area contributed by atoms with Gasteiger partial charge in [-0.25, -0.2) is 0 Å². The van der Waals surface area contributed by atoms with E-state index in [9.17, 15) is 4.79 Å². The fraction of sp³-hybridized carbons (Fsp3) is 0.571. The molecule has 1 atom stereocenters. The van der Waals surface area contributed by atoms with Gasteiger partial charge in [-0.2, -0.15) is 0 Å². The topological polar surface area (TPSA) is 17.1 Å². The Hall–Kier alpha value is -0.370. The average molecular weight is 143 g/mol. The Bertz CT molecular complexity index is 118. The smallest absolute Gasteiger partial charge is 0.225 e. The van der Waals surface area contributed by atoms with Crippen molar-refractivity contribution in [2.45, 2.75) is 20.3 Å². The first kappa shape index (κ1) is 8.63. The predicted octanol–water partition coefficient (Wildman–Crippen LogP) is 2.31. The Morgan fingerprint density at radius 1 is 1.78 bits per heavy atom. The number of hydrogen-bond donors (Lipinski definition) is 0. The summed E-state index contributed by atoms with van der Waals surface area (Å²) in [5.41, 5.74) is 0. The van der Waals surface area contributed by atoms with Crippen molar-refractivity contribution < 1.29 is 4.79 Å². The van der Waals surface area contributed by atoms with Gasteiger partial charge in [0.1, 0.15) is 0 Å². The van der Waals surface area contributed by atoms with Crippen molar-refractivity contribution in [3.05, 3.63) is 12.2 Å². The van der Waals surface area contributed by atoms with Gasteiger partial charge in [0.15, 0.2) is 0 Å². The molecule has 0 rings (SSSR count). The van der Waals surface area contributed by atoms with E-state index in [0.29, 0.717) is 0 Å². The van der Waals surface area contributed by atoms with Crippen molar-refractivity contribution in [2.24, 2.45) is 5.92 Å². The van der Waals surface area contributed by atoms with Crippen LogP contribution in [-0.2, 0) is 4.79 Å². The summed E-state index contributed by atoms with van der Waals surface area (Å²) in [5, 5.41) is -0.181. The Balaban J connectivity index is 3.62. The van der Waals surface area contributed by atoms with Gasteiger partial charge in [-0.1, -0.05) is 26.0 Å². The molecule has 0 heterocycles. The van der Waals surface area contributed by atoms with Gasteiger partial charge < -0.3 is 0 Å². The van der Waals surface area contributed by atoms with Crippen molar-refractivity contribution in [3.63, 3.8) is 0 Å². The molecule has 0 N–H and O–H groups in total. The molecule has 0 saturated carbocycles. The summed E-state index contributed by atoms with van der Waals surface area (Å²) in [6.07, 6.45) is 4.76. The lowest BCUT2D eigenvalue weighted by Gasteiger charge is -1.94. The highest BCUT2D eigenvalue weighted by atomic mass is 32.1. The molecule has 0 fully saturated rings. The van der Waals surface area contributed by atoms with Gasteiger partial charge in [-0.05, 0) is 19.0 Å². The Labute approximate surface area is 61.6 Å². The first-order valence-corrected chi connectivity index (χ1v) is 3.46. The minimum Gasteiger partial charge on any atom is -0.281 e. The van der Waals surface area contributed by atoms with Crippen molar-refractivity contribution in [1.82, 2.24) is 0 Å². The second kappa shape index (κ2) is 4.50. The molecule has 0 bridgehead atoms. The average Bonchev–Trinajstić information content (AvgIpc) is 1.82. The maximum atomic E-state index is 10.4. The number of carbonyl (C=O) groups excluding carboxylic acids is 1. The standard InChI is InChI=1S/C7H11OS/c1-3-4-5-6(2)7(8)9/h4-6H,3H2,1-2H3. The molecule has 1 unspecified atom stereocenters. The van der Waals surface area contributed by atoms with Crippen LogP contribution in [-0.4, -0.2) is 5.12 Å². The molecule has 0 aliphatic rings. The van der Waals surface area contributed by atoms with E-state index >= 15 is 0 Å². The summed E-state index contributed by atoms with van der Waals surface area (Å²) in [4.78, 5) is 10.4. The molecule has 0 aromatic rings. The van der Waals surface area contributed by atoms with Gasteiger partial charge in [0.25, 0.3) is 0 Å². The molecule has 0 aromatic carbocycles. The largest absolute Gasteiger partial charge is 0.281 e. The summed E-state index contributed by atoms with van der Waals surface area (Å²) < 4.78 is 0. The van der Waals surface area contributed by atoms with E-state index in [2.05, 4.69) is 12.6 Å². The molecule has 51 valence electrons. The van der Waals surface area contributed by atoms with Crippen LogP contribution in [0.3, 0.4) is 0 Å². The second-order valence-electron chi connectivity index (χ2n) is 1.94. The van der Waals surface area contributed by atoms with Crippen molar-refractivity contribution in [2.75, 3.05) is 0 Å². The van der Waals surface area contributed by atoms with E-state index in [-0.39, 0.29) is 11.0 Å². The highest BCUT2D eigenvalue weighted by Crippen LogP contribution is 2.01. The van der Waals surface area contributed by atoms with Crippen LogP contribution in [0, 0.1) is 5.92 Å². The van der Waals surface area contributed by atoms with Crippen LogP contribution in [0.2, 0.25) is 0 Å². The predicted molar refractivity (Wildman–Crippen MR) is 41.2 cm³/mol. The highest BCUT2D eigenvalue weighted by molar-refractivity contribution is 7.96. The molecule has 0 aliphatic carbocycles. The third-order valence-electron chi connectivity index (χ3n) is 1.03. The molecule has 0 saturated heterocycles. The lowest BCUT2D eigenvalue weighted by molar-refractivity contribution is -0.112. The van der Waals surface area contributed by atoms with Crippen LogP contribution < -0.4 is 0 Å². The van der Waals surface area contributed by atoms with Crippen molar-refractivity contribution >= 4 is 17.7 Å². The van der Waals surface area contributed by atoms with Gasteiger partial charge in [0, 0.05) is 5.92 Å². The van der Waals surface area contributed by atoms with Gasteiger partial charge in [-0.15, -0.1) is 0 Å². The minimum absolute atomic E-state index is 0.0834. The van der Waals surface area contributed by atoms with Crippen LogP contribution >= 0.6 is 12.6 Å². The van der Waals surface area contributed by atoms with Gasteiger partial charge in [-0.3, -0.25) is 4.79 Å². The number of carbonyl (C=O) groups is 1. The number of rotatable bonds is 3.